The van der Waals surface area contributed by atoms with Gasteiger partial charge >= 0.3 is 5.97 Å². The predicted octanol–water partition coefficient (Wildman–Crippen LogP) is 2.74. The Morgan fingerprint density at radius 2 is 1.87 bits per heavy atom. The minimum atomic E-state index is -1.47. The van der Waals surface area contributed by atoms with Gasteiger partial charge < -0.3 is 9.64 Å². The molecule has 0 N–H and O–H groups in total. The number of carbonyl (C=O) groups excluding carboxylic acids is 3. The van der Waals surface area contributed by atoms with E-state index in [2.05, 4.69) is 6.07 Å². The van der Waals surface area contributed by atoms with Crippen molar-refractivity contribution in [3.63, 3.8) is 0 Å². The zero-order chi connectivity index (χ0) is 20.9. The van der Waals surface area contributed by atoms with Gasteiger partial charge in [0.2, 0.25) is 11.6 Å². The van der Waals surface area contributed by atoms with E-state index in [9.17, 15) is 19.6 Å². The van der Waals surface area contributed by atoms with Crippen molar-refractivity contribution < 1.29 is 19.1 Å². The SMILES string of the molecule is N#Cc1ccccc1COC(=O)[C@@]12CCC(=O)N1c1ccccc1C(=O)N2C1CC1. The Kier molecular flexibility index (Phi) is 4.10. The molecule has 0 bridgehead atoms. The number of para-hydroxylation sites is 1. The number of rotatable bonds is 4. The van der Waals surface area contributed by atoms with Crippen molar-refractivity contribution in [3.05, 3.63) is 65.2 Å². The van der Waals surface area contributed by atoms with E-state index in [1.807, 2.05) is 0 Å². The van der Waals surface area contributed by atoms with Crippen LogP contribution < -0.4 is 4.90 Å². The highest BCUT2D eigenvalue weighted by atomic mass is 16.5. The molecule has 1 saturated heterocycles. The third-order valence-corrected chi connectivity index (χ3v) is 6.03. The maximum absolute atomic E-state index is 13.5. The highest BCUT2D eigenvalue weighted by molar-refractivity contribution is 6.15. The molecule has 1 saturated carbocycles. The van der Waals surface area contributed by atoms with Gasteiger partial charge in [-0.25, -0.2) is 4.79 Å². The summed E-state index contributed by atoms with van der Waals surface area (Å²) in [6, 6.07) is 15.8. The zero-order valence-corrected chi connectivity index (χ0v) is 16.2. The van der Waals surface area contributed by atoms with Crippen molar-refractivity contribution in [2.75, 3.05) is 4.90 Å². The van der Waals surface area contributed by atoms with Crippen LogP contribution in [0.15, 0.2) is 48.5 Å². The summed E-state index contributed by atoms with van der Waals surface area (Å²) < 4.78 is 5.66. The second-order valence-electron chi connectivity index (χ2n) is 7.81. The fraction of sp³-hybridized carbons (Fsp3) is 0.304. The molecule has 3 aliphatic rings. The van der Waals surface area contributed by atoms with Crippen molar-refractivity contribution in [2.24, 2.45) is 0 Å². The van der Waals surface area contributed by atoms with Crippen LogP contribution >= 0.6 is 0 Å². The van der Waals surface area contributed by atoms with E-state index in [4.69, 9.17) is 4.74 Å². The number of ether oxygens (including phenoxy) is 1. The van der Waals surface area contributed by atoms with Crippen LogP contribution in [0.25, 0.3) is 0 Å². The maximum Gasteiger partial charge on any atom is 0.354 e. The van der Waals surface area contributed by atoms with Gasteiger partial charge in [0.15, 0.2) is 0 Å². The molecule has 150 valence electrons. The molecule has 2 heterocycles. The predicted molar refractivity (Wildman–Crippen MR) is 106 cm³/mol. The van der Waals surface area contributed by atoms with Gasteiger partial charge in [-0.15, -0.1) is 0 Å². The molecule has 2 aromatic rings. The molecular weight excluding hydrogens is 382 g/mol. The molecule has 2 fully saturated rings. The van der Waals surface area contributed by atoms with Gasteiger partial charge in [0.05, 0.1) is 22.9 Å². The molecule has 2 amide bonds. The summed E-state index contributed by atoms with van der Waals surface area (Å²) in [4.78, 5) is 42.8. The van der Waals surface area contributed by atoms with Gasteiger partial charge in [-0.1, -0.05) is 30.3 Å². The van der Waals surface area contributed by atoms with E-state index >= 15 is 0 Å². The first-order valence-corrected chi connectivity index (χ1v) is 9.99. The van der Waals surface area contributed by atoms with E-state index in [0.29, 0.717) is 22.4 Å². The lowest BCUT2D eigenvalue weighted by Crippen LogP contribution is -2.69. The maximum atomic E-state index is 13.5. The molecule has 1 aliphatic carbocycles. The lowest BCUT2D eigenvalue weighted by molar-refractivity contribution is -0.159. The number of anilines is 1. The number of amides is 2. The first kappa shape index (κ1) is 18.4. The molecule has 7 heteroatoms. The van der Waals surface area contributed by atoms with Gasteiger partial charge in [-0.2, -0.15) is 5.26 Å². The topological polar surface area (TPSA) is 90.7 Å². The van der Waals surface area contributed by atoms with Gasteiger partial charge in [-0.3, -0.25) is 14.5 Å². The number of carbonyl (C=O) groups is 3. The quantitative estimate of drug-likeness (QED) is 0.735. The van der Waals surface area contributed by atoms with Crippen molar-refractivity contribution in [3.8, 4) is 6.07 Å². The molecule has 5 rings (SSSR count). The molecular formula is C23H19N3O4. The van der Waals surface area contributed by atoms with Crippen LogP contribution in [0.4, 0.5) is 5.69 Å². The largest absolute Gasteiger partial charge is 0.458 e. The van der Waals surface area contributed by atoms with Crippen LogP contribution in [0.3, 0.4) is 0 Å². The third-order valence-electron chi connectivity index (χ3n) is 6.03. The minimum absolute atomic E-state index is 0.0850. The molecule has 0 radical (unpaired) electrons. The Labute approximate surface area is 173 Å². The average Bonchev–Trinajstić information content (AvgIpc) is 3.54. The van der Waals surface area contributed by atoms with Gasteiger partial charge in [0.25, 0.3) is 5.91 Å². The fourth-order valence-corrected chi connectivity index (χ4v) is 4.53. The second-order valence-corrected chi connectivity index (χ2v) is 7.81. The number of nitrogens with zero attached hydrogens (tertiary/aromatic N) is 3. The third kappa shape index (κ3) is 2.53. The first-order chi connectivity index (χ1) is 14.6. The fourth-order valence-electron chi connectivity index (χ4n) is 4.53. The summed E-state index contributed by atoms with van der Waals surface area (Å²) in [6.07, 6.45) is 1.94. The number of nitriles is 1. The molecule has 2 aromatic carbocycles. The Hall–Kier alpha value is -3.66. The Bertz CT molecular complexity index is 1120. The molecule has 0 aromatic heterocycles. The monoisotopic (exact) mass is 401 g/mol. The summed E-state index contributed by atoms with van der Waals surface area (Å²) in [5, 5.41) is 9.29. The summed E-state index contributed by atoms with van der Waals surface area (Å²) in [7, 11) is 0. The average molecular weight is 401 g/mol. The Morgan fingerprint density at radius 3 is 2.63 bits per heavy atom. The Morgan fingerprint density at radius 1 is 1.13 bits per heavy atom. The van der Waals surface area contributed by atoms with Crippen LogP contribution in [-0.4, -0.2) is 34.4 Å². The number of hydrogen-bond acceptors (Lipinski definition) is 5. The molecule has 0 unspecified atom stereocenters. The van der Waals surface area contributed by atoms with Gasteiger partial charge in [0, 0.05) is 24.4 Å². The second kappa shape index (κ2) is 6.70. The van der Waals surface area contributed by atoms with Crippen molar-refractivity contribution >= 4 is 23.5 Å². The Balaban J connectivity index is 1.56. The highest BCUT2D eigenvalue weighted by Crippen LogP contribution is 2.49. The molecule has 2 aliphatic heterocycles. The van der Waals surface area contributed by atoms with E-state index < -0.39 is 11.6 Å². The molecule has 7 nitrogen and oxygen atoms in total. The van der Waals surface area contributed by atoms with Crippen LogP contribution in [0, 0.1) is 11.3 Å². The smallest absolute Gasteiger partial charge is 0.354 e. The normalized spacial score (nSPS) is 22.4. The first-order valence-electron chi connectivity index (χ1n) is 9.99. The van der Waals surface area contributed by atoms with E-state index in [0.717, 1.165) is 12.8 Å². The summed E-state index contributed by atoms with van der Waals surface area (Å²) in [5.74, 6) is -1.07. The number of hydrogen-bond donors (Lipinski definition) is 0. The molecule has 30 heavy (non-hydrogen) atoms. The van der Waals surface area contributed by atoms with Crippen LogP contribution in [-0.2, 0) is 20.9 Å². The summed E-state index contributed by atoms with van der Waals surface area (Å²) in [5.41, 5.74) is 0.423. The highest BCUT2D eigenvalue weighted by Gasteiger charge is 2.64. The van der Waals surface area contributed by atoms with Gasteiger partial charge in [-0.05, 0) is 31.0 Å². The van der Waals surface area contributed by atoms with E-state index in [-0.39, 0.29) is 37.3 Å². The van der Waals surface area contributed by atoms with Crippen LogP contribution in [0.1, 0.15) is 47.2 Å². The number of benzene rings is 2. The number of esters is 1. The standard InChI is InChI=1S/C23H19N3O4/c24-13-15-5-1-2-6-16(15)14-30-22(29)23-12-11-20(27)26(23)19-8-4-3-7-18(19)21(28)25(23)17-9-10-17/h1-8,17H,9-12,14H2/t23-/m1/s1. The lowest BCUT2D eigenvalue weighted by atomic mass is 9.96. The van der Waals surface area contributed by atoms with Crippen molar-refractivity contribution in [1.29, 1.82) is 5.26 Å². The van der Waals surface area contributed by atoms with E-state index in [1.54, 1.807) is 53.4 Å². The zero-order valence-electron chi connectivity index (χ0n) is 16.2. The van der Waals surface area contributed by atoms with Crippen LogP contribution in [0.2, 0.25) is 0 Å². The van der Waals surface area contributed by atoms with Crippen molar-refractivity contribution in [2.45, 2.75) is 44.0 Å². The molecule has 0 spiro atoms. The summed E-state index contributed by atoms with van der Waals surface area (Å²) in [6.45, 7) is -0.0965. The number of fused-ring (bicyclic) bond motifs is 3. The van der Waals surface area contributed by atoms with Crippen molar-refractivity contribution in [1.82, 2.24) is 4.90 Å². The molecule has 1 atom stereocenters. The minimum Gasteiger partial charge on any atom is -0.458 e. The lowest BCUT2D eigenvalue weighted by Gasteiger charge is -2.48. The van der Waals surface area contributed by atoms with Gasteiger partial charge in [0.1, 0.15) is 6.61 Å². The summed E-state index contributed by atoms with van der Waals surface area (Å²) >= 11 is 0. The van der Waals surface area contributed by atoms with E-state index in [1.165, 1.54) is 4.90 Å². The van der Waals surface area contributed by atoms with Crippen LogP contribution in [0.5, 0.6) is 0 Å².